The van der Waals surface area contributed by atoms with Crippen molar-refractivity contribution in [1.82, 2.24) is 10.2 Å². The lowest BCUT2D eigenvalue weighted by Crippen LogP contribution is -2.02. The highest BCUT2D eigenvalue weighted by Crippen LogP contribution is 2.20. The van der Waals surface area contributed by atoms with E-state index in [1.54, 1.807) is 6.07 Å². The van der Waals surface area contributed by atoms with Crippen LogP contribution in [0, 0.1) is 10.1 Å². The predicted molar refractivity (Wildman–Crippen MR) is 72.6 cm³/mol. The molecule has 1 aromatic heterocycles. The van der Waals surface area contributed by atoms with Crippen LogP contribution >= 0.6 is 0 Å². The smallest absolute Gasteiger partial charge is 0.269 e. The Morgan fingerprint density at radius 2 is 1.80 bits per heavy atom. The number of aromatic amines is 1. The van der Waals surface area contributed by atoms with E-state index in [1.807, 2.05) is 18.2 Å². The molecule has 6 nitrogen and oxygen atoms in total. The van der Waals surface area contributed by atoms with Crippen molar-refractivity contribution < 1.29 is 9.72 Å². The Balaban J connectivity index is 2.02. The maximum Gasteiger partial charge on any atom is 0.269 e. The number of aromatic nitrogens is 2. The van der Waals surface area contributed by atoms with Crippen LogP contribution in [0.1, 0.15) is 16.1 Å². The van der Waals surface area contributed by atoms with E-state index in [-0.39, 0.29) is 11.5 Å². The third kappa shape index (κ3) is 1.93. The molecule has 0 saturated heterocycles. The van der Waals surface area contributed by atoms with Crippen molar-refractivity contribution in [2.75, 3.05) is 0 Å². The summed E-state index contributed by atoms with van der Waals surface area (Å²) in [4.78, 5) is 22.4. The standard InChI is InChI=1S/C14H9N3O3/c18-14(9-5-7-10(8-6-9)17(19)20)13-11-3-1-2-4-12(11)15-16-13/h1-8H,(H,15,16). The molecule has 1 heterocycles. The lowest BCUT2D eigenvalue weighted by Gasteiger charge is -1.98. The highest BCUT2D eigenvalue weighted by atomic mass is 16.6. The van der Waals surface area contributed by atoms with E-state index in [4.69, 9.17) is 0 Å². The van der Waals surface area contributed by atoms with Crippen molar-refractivity contribution in [3.63, 3.8) is 0 Å². The normalized spacial score (nSPS) is 10.6. The van der Waals surface area contributed by atoms with Crippen molar-refractivity contribution in [2.45, 2.75) is 0 Å². The fourth-order valence-corrected chi connectivity index (χ4v) is 2.01. The minimum absolute atomic E-state index is 0.0477. The second kappa shape index (κ2) is 4.58. The Bertz CT molecular complexity index is 806. The molecule has 0 fully saturated rings. The van der Waals surface area contributed by atoms with Gasteiger partial charge in [0.1, 0.15) is 5.69 Å². The summed E-state index contributed by atoms with van der Waals surface area (Å²) in [6, 6.07) is 12.8. The molecule has 0 aliphatic carbocycles. The second-order valence-electron chi connectivity index (χ2n) is 4.25. The van der Waals surface area contributed by atoms with Gasteiger partial charge in [-0.15, -0.1) is 0 Å². The van der Waals surface area contributed by atoms with Crippen molar-refractivity contribution in [1.29, 1.82) is 0 Å². The van der Waals surface area contributed by atoms with Gasteiger partial charge in [-0.2, -0.15) is 5.10 Å². The molecule has 3 rings (SSSR count). The van der Waals surface area contributed by atoms with Crippen LogP contribution in [0.2, 0.25) is 0 Å². The van der Waals surface area contributed by atoms with Gasteiger partial charge in [0.2, 0.25) is 5.78 Å². The van der Waals surface area contributed by atoms with Crippen molar-refractivity contribution in [3.05, 3.63) is 69.9 Å². The minimum Gasteiger partial charge on any atom is -0.287 e. The Kier molecular flexibility index (Phi) is 2.76. The summed E-state index contributed by atoms with van der Waals surface area (Å²) in [6.45, 7) is 0. The molecule has 98 valence electrons. The van der Waals surface area contributed by atoms with E-state index < -0.39 is 4.92 Å². The second-order valence-corrected chi connectivity index (χ2v) is 4.25. The van der Waals surface area contributed by atoms with Crippen LogP contribution in [0.15, 0.2) is 48.5 Å². The Morgan fingerprint density at radius 1 is 1.10 bits per heavy atom. The van der Waals surface area contributed by atoms with Gasteiger partial charge in [-0.05, 0) is 18.2 Å². The van der Waals surface area contributed by atoms with Crippen molar-refractivity contribution in [3.8, 4) is 0 Å². The molecule has 1 N–H and O–H groups in total. The number of rotatable bonds is 3. The monoisotopic (exact) mass is 267 g/mol. The SMILES string of the molecule is O=C(c1ccc([N+](=O)[O-])cc1)c1n[nH]c2ccccc12. The molecule has 0 unspecified atom stereocenters. The summed E-state index contributed by atoms with van der Waals surface area (Å²) >= 11 is 0. The third-order valence-electron chi connectivity index (χ3n) is 3.03. The van der Waals surface area contributed by atoms with Gasteiger partial charge in [-0.25, -0.2) is 0 Å². The highest BCUT2D eigenvalue weighted by Gasteiger charge is 2.16. The van der Waals surface area contributed by atoms with Gasteiger partial charge in [0.15, 0.2) is 0 Å². The van der Waals surface area contributed by atoms with Crippen LogP contribution in [0.5, 0.6) is 0 Å². The number of ketones is 1. The first-order chi connectivity index (χ1) is 9.66. The van der Waals surface area contributed by atoms with Crippen molar-refractivity contribution >= 4 is 22.4 Å². The molecule has 0 spiro atoms. The lowest BCUT2D eigenvalue weighted by atomic mass is 10.1. The number of non-ortho nitro benzene ring substituents is 1. The summed E-state index contributed by atoms with van der Waals surface area (Å²) < 4.78 is 0. The number of nitro groups is 1. The van der Waals surface area contributed by atoms with Gasteiger partial charge in [0, 0.05) is 23.1 Å². The molecule has 0 amide bonds. The highest BCUT2D eigenvalue weighted by molar-refractivity contribution is 6.14. The fourth-order valence-electron chi connectivity index (χ4n) is 2.01. The van der Waals surface area contributed by atoms with Gasteiger partial charge in [0.25, 0.3) is 5.69 Å². The van der Waals surface area contributed by atoms with Crippen molar-refractivity contribution in [2.24, 2.45) is 0 Å². The summed E-state index contributed by atoms with van der Waals surface area (Å²) in [6.07, 6.45) is 0. The molecule has 3 aromatic rings. The molecular formula is C14H9N3O3. The molecular weight excluding hydrogens is 258 g/mol. The van der Waals surface area contributed by atoms with Crippen LogP contribution < -0.4 is 0 Å². The zero-order valence-corrected chi connectivity index (χ0v) is 10.2. The molecule has 20 heavy (non-hydrogen) atoms. The number of nitro benzene ring substituents is 1. The largest absolute Gasteiger partial charge is 0.287 e. The Morgan fingerprint density at radius 3 is 2.50 bits per heavy atom. The van der Waals surface area contributed by atoms with Gasteiger partial charge in [-0.3, -0.25) is 20.0 Å². The molecule has 0 radical (unpaired) electrons. The lowest BCUT2D eigenvalue weighted by molar-refractivity contribution is -0.384. The first-order valence-electron chi connectivity index (χ1n) is 5.89. The van der Waals surface area contributed by atoms with Crippen LogP contribution in [0.4, 0.5) is 5.69 Å². The number of carbonyl (C=O) groups excluding carboxylic acids is 1. The number of nitrogens with zero attached hydrogens (tertiary/aromatic N) is 2. The average Bonchev–Trinajstić information content (AvgIpc) is 2.90. The molecule has 6 heteroatoms. The van der Waals surface area contributed by atoms with Gasteiger partial charge < -0.3 is 0 Å². The first kappa shape index (κ1) is 12.0. The Hall–Kier alpha value is -3.02. The number of carbonyl (C=O) groups is 1. The summed E-state index contributed by atoms with van der Waals surface area (Å²) in [5.41, 5.74) is 1.41. The third-order valence-corrected chi connectivity index (χ3v) is 3.03. The first-order valence-corrected chi connectivity index (χ1v) is 5.89. The van der Waals surface area contributed by atoms with Crippen LogP contribution in [0.25, 0.3) is 10.9 Å². The molecule has 0 saturated carbocycles. The summed E-state index contributed by atoms with van der Waals surface area (Å²) in [7, 11) is 0. The van der Waals surface area contributed by atoms with Crippen LogP contribution in [0.3, 0.4) is 0 Å². The average molecular weight is 267 g/mol. The van der Waals surface area contributed by atoms with E-state index in [1.165, 1.54) is 24.3 Å². The van der Waals surface area contributed by atoms with Crippen LogP contribution in [-0.2, 0) is 0 Å². The van der Waals surface area contributed by atoms with Gasteiger partial charge in [-0.1, -0.05) is 18.2 Å². The topological polar surface area (TPSA) is 88.9 Å². The number of para-hydroxylation sites is 1. The fraction of sp³-hybridized carbons (Fsp3) is 0. The summed E-state index contributed by atoms with van der Waals surface area (Å²) in [5.74, 6) is -0.266. The molecule has 0 bridgehead atoms. The zero-order chi connectivity index (χ0) is 14.1. The van der Waals surface area contributed by atoms with Crippen LogP contribution in [-0.4, -0.2) is 20.9 Å². The quantitative estimate of drug-likeness (QED) is 0.449. The van der Waals surface area contributed by atoms with E-state index >= 15 is 0 Å². The zero-order valence-electron chi connectivity index (χ0n) is 10.2. The number of hydrogen-bond acceptors (Lipinski definition) is 4. The Labute approximate surface area is 113 Å². The number of hydrogen-bond donors (Lipinski definition) is 1. The maximum atomic E-state index is 12.4. The molecule has 0 aliphatic rings. The number of benzene rings is 2. The van der Waals surface area contributed by atoms with Gasteiger partial charge >= 0.3 is 0 Å². The summed E-state index contributed by atoms with van der Waals surface area (Å²) in [5, 5.41) is 18.1. The van der Waals surface area contributed by atoms with E-state index in [2.05, 4.69) is 10.2 Å². The maximum absolute atomic E-state index is 12.4. The number of H-pyrrole nitrogens is 1. The molecule has 2 aromatic carbocycles. The van der Waals surface area contributed by atoms with E-state index in [0.29, 0.717) is 11.3 Å². The van der Waals surface area contributed by atoms with E-state index in [0.717, 1.165) is 10.9 Å². The van der Waals surface area contributed by atoms with Gasteiger partial charge in [0.05, 0.1) is 10.4 Å². The minimum atomic E-state index is -0.502. The number of nitrogens with one attached hydrogen (secondary N) is 1. The number of fused-ring (bicyclic) bond motifs is 1. The van der Waals surface area contributed by atoms with E-state index in [9.17, 15) is 14.9 Å². The predicted octanol–water partition coefficient (Wildman–Crippen LogP) is 2.70. The molecule has 0 aliphatic heterocycles. The molecule has 0 atom stereocenters.